The number of benzene rings is 1. The number of ether oxygens (including phenoxy) is 2. The number of hydrogen-bond donors (Lipinski definition) is 3. The fraction of sp³-hybridized carbons (Fsp3) is 0.375. The summed E-state index contributed by atoms with van der Waals surface area (Å²) < 4.78 is 11.0. The van der Waals surface area contributed by atoms with Gasteiger partial charge in [-0.15, -0.1) is 17.0 Å². The normalized spacial score (nSPS) is 12.1. The van der Waals surface area contributed by atoms with Crippen molar-refractivity contribution in [3.8, 4) is 11.5 Å². The van der Waals surface area contributed by atoms with E-state index in [1.807, 2.05) is 20.8 Å². The van der Waals surface area contributed by atoms with E-state index in [0.29, 0.717) is 41.5 Å². The number of Topliss-reactive ketones (excluding diaryl/α,β-unsaturated/α-hetero) is 1. The van der Waals surface area contributed by atoms with Gasteiger partial charge in [0.05, 0.1) is 13.2 Å². The number of ketones is 1. The van der Waals surface area contributed by atoms with Crippen molar-refractivity contribution in [3.63, 3.8) is 0 Å². The number of halogens is 1. The Balaban J connectivity index is 0.00000432. The van der Waals surface area contributed by atoms with Gasteiger partial charge < -0.3 is 25.4 Å². The van der Waals surface area contributed by atoms with E-state index >= 15 is 0 Å². The number of fused-ring (bicyclic) bond motifs is 1. The summed E-state index contributed by atoms with van der Waals surface area (Å²) in [6.07, 6.45) is 0. The standard InChI is InChI=1S/C24H29N5O5.BrH/c1-5-33-19-9-15-10-29(23(26)21(15)28-22(19)24(32)27-4)11-17(30)14-6-7-18(34-12-20(25)31)16(8-14)13(2)3;/h6-9,13,26H,5,10-12H2,1-4H3,(H2,25,31)(H,27,32);1H. The number of nitrogens with two attached hydrogens (primary N) is 1. The van der Waals surface area contributed by atoms with E-state index < -0.39 is 11.8 Å². The third-order valence-electron chi connectivity index (χ3n) is 5.37. The number of carbonyl (C=O) groups excluding carboxylic acids is 3. The van der Waals surface area contributed by atoms with Gasteiger partial charge in [0.25, 0.3) is 11.8 Å². The zero-order valence-corrected chi connectivity index (χ0v) is 21.8. The molecule has 2 heterocycles. The Hall–Kier alpha value is -3.47. The number of aromatic nitrogens is 1. The summed E-state index contributed by atoms with van der Waals surface area (Å²) in [5, 5.41) is 11.1. The minimum absolute atomic E-state index is 0. The van der Waals surface area contributed by atoms with Crippen molar-refractivity contribution in [2.45, 2.75) is 33.2 Å². The molecule has 1 aromatic heterocycles. The minimum atomic E-state index is -0.581. The van der Waals surface area contributed by atoms with Gasteiger partial charge in [0.15, 0.2) is 23.8 Å². The topological polar surface area (TPSA) is 148 Å². The first kappa shape index (κ1) is 27.8. The Kier molecular flexibility index (Phi) is 9.35. The predicted octanol–water partition coefficient (Wildman–Crippen LogP) is 2.43. The molecular weight excluding hydrogens is 518 g/mol. The zero-order valence-electron chi connectivity index (χ0n) is 20.1. The molecule has 1 aromatic carbocycles. The van der Waals surface area contributed by atoms with Crippen LogP contribution in [0.1, 0.15) is 64.4 Å². The molecule has 0 unspecified atom stereocenters. The lowest BCUT2D eigenvalue weighted by atomic mass is 9.98. The number of rotatable bonds is 10. The smallest absolute Gasteiger partial charge is 0.273 e. The highest BCUT2D eigenvalue weighted by atomic mass is 79.9. The average molecular weight is 548 g/mol. The fourth-order valence-corrected chi connectivity index (χ4v) is 3.69. The molecule has 1 aliphatic heterocycles. The van der Waals surface area contributed by atoms with Gasteiger partial charge in [-0.2, -0.15) is 0 Å². The Morgan fingerprint density at radius 2 is 1.91 bits per heavy atom. The molecule has 2 amide bonds. The van der Waals surface area contributed by atoms with E-state index in [0.717, 1.165) is 5.56 Å². The molecule has 0 radical (unpaired) electrons. The molecule has 35 heavy (non-hydrogen) atoms. The molecule has 3 rings (SSSR count). The van der Waals surface area contributed by atoms with Crippen molar-refractivity contribution in [2.75, 3.05) is 26.8 Å². The average Bonchev–Trinajstić information content (AvgIpc) is 3.10. The van der Waals surface area contributed by atoms with Crippen LogP contribution in [-0.2, 0) is 11.3 Å². The number of hydrogen-bond acceptors (Lipinski definition) is 7. The monoisotopic (exact) mass is 547 g/mol. The van der Waals surface area contributed by atoms with Crippen LogP contribution < -0.4 is 20.5 Å². The highest BCUT2D eigenvalue weighted by Gasteiger charge is 2.31. The van der Waals surface area contributed by atoms with Crippen molar-refractivity contribution >= 4 is 40.4 Å². The molecular formula is C24H30BrN5O5. The first-order chi connectivity index (χ1) is 16.2. The number of amides is 2. The molecule has 1 aliphatic rings. The maximum Gasteiger partial charge on any atom is 0.273 e. The summed E-state index contributed by atoms with van der Waals surface area (Å²) in [7, 11) is 1.50. The summed E-state index contributed by atoms with van der Waals surface area (Å²) in [6.45, 7) is 6.11. The SMILES string of the molecule is Br.CCOc1cc2c(nc1C(=O)NC)C(=N)N(CC(=O)c1ccc(OCC(N)=O)c(C(C)C)c1)C2. The molecule has 0 bridgehead atoms. The minimum Gasteiger partial charge on any atom is -0.491 e. The first-order valence-electron chi connectivity index (χ1n) is 11.0. The highest BCUT2D eigenvalue weighted by molar-refractivity contribution is 8.93. The molecule has 2 aromatic rings. The largest absolute Gasteiger partial charge is 0.491 e. The molecule has 0 atom stereocenters. The molecule has 0 saturated heterocycles. The highest BCUT2D eigenvalue weighted by Crippen LogP contribution is 2.30. The molecule has 4 N–H and O–H groups in total. The maximum atomic E-state index is 13.1. The maximum absolute atomic E-state index is 13.1. The van der Waals surface area contributed by atoms with Crippen LogP contribution in [-0.4, -0.2) is 60.1 Å². The molecule has 11 heteroatoms. The van der Waals surface area contributed by atoms with Crippen LogP contribution in [0.3, 0.4) is 0 Å². The van der Waals surface area contributed by atoms with Crippen molar-refractivity contribution in [1.82, 2.24) is 15.2 Å². The lowest BCUT2D eigenvalue weighted by molar-refractivity contribution is -0.119. The van der Waals surface area contributed by atoms with Gasteiger partial charge >= 0.3 is 0 Å². The third kappa shape index (κ3) is 6.16. The van der Waals surface area contributed by atoms with E-state index in [2.05, 4.69) is 10.3 Å². The molecule has 0 aliphatic carbocycles. The van der Waals surface area contributed by atoms with Crippen LogP contribution in [0.15, 0.2) is 24.3 Å². The molecule has 0 saturated carbocycles. The van der Waals surface area contributed by atoms with Crippen molar-refractivity contribution in [2.24, 2.45) is 5.73 Å². The zero-order chi connectivity index (χ0) is 25.0. The second-order valence-electron chi connectivity index (χ2n) is 8.15. The number of carbonyl (C=O) groups is 3. The van der Waals surface area contributed by atoms with E-state index in [-0.39, 0.29) is 53.4 Å². The number of pyridine rings is 1. The number of primary amides is 1. The Morgan fingerprint density at radius 3 is 2.51 bits per heavy atom. The van der Waals surface area contributed by atoms with Gasteiger partial charge in [0, 0.05) is 24.7 Å². The van der Waals surface area contributed by atoms with Gasteiger partial charge in [0.1, 0.15) is 17.3 Å². The number of nitrogens with zero attached hydrogens (tertiary/aromatic N) is 2. The van der Waals surface area contributed by atoms with Gasteiger partial charge in [-0.1, -0.05) is 13.8 Å². The molecule has 188 valence electrons. The summed E-state index contributed by atoms with van der Waals surface area (Å²) in [5.41, 5.74) is 7.59. The van der Waals surface area contributed by atoms with Crippen LogP contribution >= 0.6 is 17.0 Å². The van der Waals surface area contributed by atoms with Gasteiger partial charge in [-0.3, -0.25) is 19.8 Å². The lowest BCUT2D eigenvalue weighted by Crippen LogP contribution is -2.30. The molecule has 0 spiro atoms. The van der Waals surface area contributed by atoms with Crippen LogP contribution in [0.25, 0.3) is 0 Å². The van der Waals surface area contributed by atoms with E-state index in [1.54, 1.807) is 29.2 Å². The summed E-state index contributed by atoms with van der Waals surface area (Å²) in [6, 6.07) is 6.73. The Bertz CT molecular complexity index is 1150. The summed E-state index contributed by atoms with van der Waals surface area (Å²) in [4.78, 5) is 42.3. The number of amidine groups is 1. The second kappa shape index (κ2) is 11.8. The van der Waals surface area contributed by atoms with E-state index in [1.165, 1.54) is 7.05 Å². The summed E-state index contributed by atoms with van der Waals surface area (Å²) in [5.74, 6) is -0.208. The molecule has 10 nitrogen and oxygen atoms in total. The third-order valence-corrected chi connectivity index (χ3v) is 5.37. The van der Waals surface area contributed by atoms with Gasteiger partial charge in [-0.05, 0) is 42.7 Å². The lowest BCUT2D eigenvalue weighted by Gasteiger charge is -2.18. The van der Waals surface area contributed by atoms with Crippen LogP contribution in [0.5, 0.6) is 11.5 Å². The quantitative estimate of drug-likeness (QED) is 0.387. The van der Waals surface area contributed by atoms with Crippen LogP contribution in [0.2, 0.25) is 0 Å². The summed E-state index contributed by atoms with van der Waals surface area (Å²) >= 11 is 0. The molecule has 0 fully saturated rings. The fourth-order valence-electron chi connectivity index (χ4n) is 3.69. The van der Waals surface area contributed by atoms with Crippen molar-refractivity contribution in [1.29, 1.82) is 5.41 Å². The van der Waals surface area contributed by atoms with E-state index in [9.17, 15) is 14.4 Å². The van der Waals surface area contributed by atoms with E-state index in [4.69, 9.17) is 20.6 Å². The van der Waals surface area contributed by atoms with Crippen LogP contribution in [0.4, 0.5) is 0 Å². The Morgan fingerprint density at radius 1 is 1.20 bits per heavy atom. The predicted molar refractivity (Wildman–Crippen MR) is 136 cm³/mol. The van der Waals surface area contributed by atoms with Crippen molar-refractivity contribution < 1.29 is 23.9 Å². The Labute approximate surface area is 214 Å². The number of nitrogens with one attached hydrogen (secondary N) is 2. The second-order valence-corrected chi connectivity index (χ2v) is 8.15. The van der Waals surface area contributed by atoms with Crippen molar-refractivity contribution in [3.05, 3.63) is 52.3 Å². The van der Waals surface area contributed by atoms with Gasteiger partial charge in [-0.25, -0.2) is 4.98 Å². The van der Waals surface area contributed by atoms with Crippen LogP contribution in [0, 0.1) is 5.41 Å². The first-order valence-corrected chi connectivity index (χ1v) is 11.0. The van der Waals surface area contributed by atoms with Gasteiger partial charge in [0.2, 0.25) is 0 Å².